The van der Waals surface area contributed by atoms with E-state index >= 15 is 0 Å². The average molecular weight is 307 g/mol. The molecule has 3 aliphatic heterocycles. The fourth-order valence-electron chi connectivity index (χ4n) is 4.58. The number of aryl methyl sites for hydroxylation is 1. The van der Waals surface area contributed by atoms with Gasteiger partial charge in [0.15, 0.2) is 0 Å². The minimum absolute atomic E-state index is 0.246. The van der Waals surface area contributed by atoms with Crippen LogP contribution in [0.5, 0.6) is 0 Å². The van der Waals surface area contributed by atoms with Crippen LogP contribution in [-0.2, 0) is 0 Å². The Hall–Kier alpha value is -1.64. The Labute approximate surface area is 138 Å². The SMILES string of the molecule is C=C[C@H]1CN2CC[C@H]1C[C@H]2[C@H](O)c1cccc2ccc(C)cc12. The van der Waals surface area contributed by atoms with Crippen LogP contribution < -0.4 is 0 Å². The minimum atomic E-state index is -0.408. The molecule has 3 aliphatic rings. The van der Waals surface area contributed by atoms with E-state index < -0.39 is 6.10 Å². The molecule has 2 nitrogen and oxygen atoms in total. The Kier molecular flexibility index (Phi) is 3.74. The molecule has 0 amide bonds. The fourth-order valence-corrected chi connectivity index (χ4v) is 4.58. The Balaban J connectivity index is 1.69. The summed E-state index contributed by atoms with van der Waals surface area (Å²) in [6.45, 7) is 8.27. The van der Waals surface area contributed by atoms with Crippen molar-refractivity contribution in [3.63, 3.8) is 0 Å². The average Bonchev–Trinajstić information content (AvgIpc) is 2.60. The van der Waals surface area contributed by atoms with Crippen LogP contribution in [0.4, 0.5) is 0 Å². The monoisotopic (exact) mass is 307 g/mol. The summed E-state index contributed by atoms with van der Waals surface area (Å²) in [7, 11) is 0. The molecule has 23 heavy (non-hydrogen) atoms. The summed E-state index contributed by atoms with van der Waals surface area (Å²) >= 11 is 0. The summed E-state index contributed by atoms with van der Waals surface area (Å²) in [6, 6.07) is 13.0. The quantitative estimate of drug-likeness (QED) is 0.864. The molecule has 3 heterocycles. The summed E-state index contributed by atoms with van der Waals surface area (Å²) < 4.78 is 0. The smallest absolute Gasteiger partial charge is 0.0951 e. The molecular formula is C21H25NO. The maximum absolute atomic E-state index is 11.1. The van der Waals surface area contributed by atoms with Gasteiger partial charge in [0.05, 0.1) is 6.10 Å². The summed E-state index contributed by atoms with van der Waals surface area (Å²) in [4.78, 5) is 2.48. The third-order valence-corrected chi connectivity index (χ3v) is 5.91. The molecular weight excluding hydrogens is 282 g/mol. The molecule has 2 bridgehead atoms. The van der Waals surface area contributed by atoms with E-state index in [-0.39, 0.29) is 6.04 Å². The minimum Gasteiger partial charge on any atom is -0.387 e. The van der Waals surface area contributed by atoms with Gasteiger partial charge in [-0.2, -0.15) is 0 Å². The number of nitrogens with zero attached hydrogens (tertiary/aromatic N) is 1. The predicted molar refractivity (Wildman–Crippen MR) is 95.4 cm³/mol. The number of fused-ring (bicyclic) bond motifs is 4. The largest absolute Gasteiger partial charge is 0.387 e. The van der Waals surface area contributed by atoms with Crippen molar-refractivity contribution in [3.8, 4) is 0 Å². The first-order valence-corrected chi connectivity index (χ1v) is 8.71. The number of aliphatic hydroxyl groups excluding tert-OH is 1. The summed E-state index contributed by atoms with van der Waals surface area (Å²) in [5.41, 5.74) is 2.33. The van der Waals surface area contributed by atoms with Gasteiger partial charge >= 0.3 is 0 Å². The standard InChI is InChI=1S/C21H25NO/c1-3-15-13-22-10-9-17(15)12-20(22)21(23)18-6-4-5-16-8-7-14(2)11-19(16)18/h3-8,11,15,17,20-21,23H,1,9-10,12-13H2,2H3/t15-,17-,20-,21+/m0/s1. The van der Waals surface area contributed by atoms with Gasteiger partial charge in [0.25, 0.3) is 0 Å². The van der Waals surface area contributed by atoms with Crippen LogP contribution in [0.3, 0.4) is 0 Å². The number of hydrogen-bond donors (Lipinski definition) is 1. The Morgan fingerprint density at radius 3 is 2.91 bits per heavy atom. The molecule has 5 rings (SSSR count). The molecule has 3 saturated heterocycles. The lowest BCUT2D eigenvalue weighted by molar-refractivity contribution is -0.0444. The van der Waals surface area contributed by atoms with Crippen molar-refractivity contribution < 1.29 is 5.11 Å². The number of benzene rings is 2. The normalized spacial score (nSPS) is 31.2. The zero-order valence-corrected chi connectivity index (χ0v) is 13.8. The highest BCUT2D eigenvalue weighted by atomic mass is 16.3. The number of hydrogen-bond acceptors (Lipinski definition) is 2. The topological polar surface area (TPSA) is 23.5 Å². The van der Waals surface area contributed by atoms with Crippen LogP contribution in [0.15, 0.2) is 49.1 Å². The second-order valence-corrected chi connectivity index (χ2v) is 7.26. The van der Waals surface area contributed by atoms with Gasteiger partial charge in [-0.1, -0.05) is 48.0 Å². The molecule has 5 atom stereocenters. The predicted octanol–water partition coefficient (Wildman–Crippen LogP) is 4.08. The van der Waals surface area contributed by atoms with Crippen molar-refractivity contribution in [2.24, 2.45) is 11.8 Å². The maximum atomic E-state index is 11.1. The first-order chi connectivity index (χ1) is 11.2. The van der Waals surface area contributed by atoms with Crippen LogP contribution in [0.1, 0.15) is 30.1 Å². The van der Waals surface area contributed by atoms with Gasteiger partial charge in [-0.05, 0) is 54.5 Å². The van der Waals surface area contributed by atoms with E-state index in [0.29, 0.717) is 11.8 Å². The number of piperidine rings is 3. The highest BCUT2D eigenvalue weighted by Gasteiger charge is 2.42. The number of aliphatic hydroxyl groups is 1. The Bertz CT molecular complexity index is 738. The van der Waals surface area contributed by atoms with Crippen LogP contribution in [0.25, 0.3) is 10.8 Å². The van der Waals surface area contributed by atoms with E-state index in [4.69, 9.17) is 0 Å². The second-order valence-electron chi connectivity index (χ2n) is 7.26. The van der Waals surface area contributed by atoms with Crippen molar-refractivity contribution in [1.29, 1.82) is 0 Å². The maximum Gasteiger partial charge on any atom is 0.0951 e. The molecule has 2 heteroatoms. The highest BCUT2D eigenvalue weighted by molar-refractivity contribution is 5.86. The van der Waals surface area contributed by atoms with Gasteiger partial charge in [-0.3, -0.25) is 4.90 Å². The van der Waals surface area contributed by atoms with E-state index in [1.165, 1.54) is 22.8 Å². The van der Waals surface area contributed by atoms with Gasteiger partial charge in [0, 0.05) is 12.6 Å². The van der Waals surface area contributed by atoms with Crippen molar-refractivity contribution >= 4 is 10.8 Å². The van der Waals surface area contributed by atoms with Gasteiger partial charge in [0.2, 0.25) is 0 Å². The van der Waals surface area contributed by atoms with E-state index in [0.717, 1.165) is 25.1 Å². The van der Waals surface area contributed by atoms with E-state index in [1.54, 1.807) is 0 Å². The summed E-state index contributed by atoms with van der Waals surface area (Å²) in [5.74, 6) is 1.29. The molecule has 2 aromatic rings. The van der Waals surface area contributed by atoms with Crippen LogP contribution in [-0.4, -0.2) is 29.1 Å². The third kappa shape index (κ3) is 2.50. The highest BCUT2D eigenvalue weighted by Crippen LogP contribution is 2.42. The van der Waals surface area contributed by atoms with E-state index in [2.05, 4.69) is 60.9 Å². The molecule has 0 saturated carbocycles. The Morgan fingerprint density at radius 2 is 2.17 bits per heavy atom. The summed E-state index contributed by atoms with van der Waals surface area (Å²) in [6.07, 6.45) is 4.03. The first-order valence-electron chi connectivity index (χ1n) is 8.71. The van der Waals surface area contributed by atoms with Crippen molar-refractivity contribution in [2.75, 3.05) is 13.1 Å². The lowest BCUT2D eigenvalue weighted by atomic mass is 9.73. The molecule has 0 spiro atoms. The zero-order chi connectivity index (χ0) is 16.0. The van der Waals surface area contributed by atoms with Crippen LogP contribution in [0.2, 0.25) is 0 Å². The van der Waals surface area contributed by atoms with Gasteiger partial charge in [-0.15, -0.1) is 6.58 Å². The molecule has 2 aromatic carbocycles. The van der Waals surface area contributed by atoms with Crippen molar-refractivity contribution in [1.82, 2.24) is 4.90 Å². The molecule has 3 fully saturated rings. The second kappa shape index (κ2) is 5.77. The van der Waals surface area contributed by atoms with Gasteiger partial charge in [0.1, 0.15) is 0 Å². The number of rotatable bonds is 3. The fraction of sp³-hybridized carbons (Fsp3) is 0.429. The molecule has 120 valence electrons. The molecule has 0 aromatic heterocycles. The van der Waals surface area contributed by atoms with Crippen LogP contribution >= 0.6 is 0 Å². The molecule has 0 aliphatic carbocycles. The van der Waals surface area contributed by atoms with Crippen molar-refractivity contribution in [2.45, 2.75) is 31.9 Å². The Morgan fingerprint density at radius 1 is 1.30 bits per heavy atom. The first kappa shape index (κ1) is 14.9. The van der Waals surface area contributed by atoms with E-state index in [9.17, 15) is 5.11 Å². The van der Waals surface area contributed by atoms with Gasteiger partial charge in [-0.25, -0.2) is 0 Å². The molecule has 1 N–H and O–H groups in total. The molecule has 1 unspecified atom stereocenters. The van der Waals surface area contributed by atoms with Crippen LogP contribution in [0, 0.1) is 18.8 Å². The van der Waals surface area contributed by atoms with E-state index in [1.807, 2.05) is 0 Å². The zero-order valence-electron chi connectivity index (χ0n) is 13.8. The molecule has 0 radical (unpaired) electrons. The third-order valence-electron chi connectivity index (χ3n) is 5.91. The van der Waals surface area contributed by atoms with Gasteiger partial charge < -0.3 is 5.11 Å². The summed E-state index contributed by atoms with van der Waals surface area (Å²) in [5, 5.41) is 13.6. The lowest BCUT2D eigenvalue weighted by Gasteiger charge is -2.50. The van der Waals surface area contributed by atoms with Crippen molar-refractivity contribution in [3.05, 3.63) is 60.2 Å². The lowest BCUT2D eigenvalue weighted by Crippen LogP contribution is -2.54.